The Kier molecular flexibility index (Phi) is 3.94. The summed E-state index contributed by atoms with van der Waals surface area (Å²) in [4.78, 5) is 4.46. The van der Waals surface area contributed by atoms with E-state index in [1.54, 1.807) is 6.21 Å². The fourth-order valence-corrected chi connectivity index (χ4v) is 2.40. The van der Waals surface area contributed by atoms with E-state index < -0.39 is 0 Å². The van der Waals surface area contributed by atoms with Gasteiger partial charge in [0.25, 0.3) is 0 Å². The molecule has 0 radical (unpaired) electrons. The molecule has 0 aliphatic carbocycles. The molecule has 102 valence electrons. The zero-order chi connectivity index (χ0) is 13.9. The monoisotopic (exact) mass is 351 g/mol. The smallest absolute Gasteiger partial charge is 0.163 e. The van der Waals surface area contributed by atoms with Gasteiger partial charge in [-0.15, -0.1) is 0 Å². The molecule has 0 fully saturated rings. The second-order valence-electron chi connectivity index (χ2n) is 4.26. The average Bonchev–Trinajstić information content (AvgIpc) is 2.47. The molecular weight excluding hydrogens is 342 g/mol. The maximum Gasteiger partial charge on any atom is 0.163 e. The van der Waals surface area contributed by atoms with Gasteiger partial charge in [0.2, 0.25) is 0 Å². The first-order chi connectivity index (χ1) is 9.72. The molecule has 0 bridgehead atoms. The molecule has 0 amide bonds. The topological polar surface area (TPSA) is 30.8 Å². The molecule has 1 heterocycles. The van der Waals surface area contributed by atoms with Crippen LogP contribution in [-0.4, -0.2) is 19.4 Å². The van der Waals surface area contributed by atoms with Crippen LogP contribution < -0.4 is 9.47 Å². The number of benzene rings is 2. The summed E-state index contributed by atoms with van der Waals surface area (Å²) in [6.07, 6.45) is 1.78. The summed E-state index contributed by atoms with van der Waals surface area (Å²) < 4.78 is 11.9. The molecule has 0 atom stereocenters. The molecule has 0 saturated heterocycles. The van der Waals surface area contributed by atoms with Gasteiger partial charge in [0, 0.05) is 27.8 Å². The van der Waals surface area contributed by atoms with Crippen LogP contribution in [0.4, 0.5) is 5.69 Å². The molecule has 3 rings (SSSR count). The van der Waals surface area contributed by atoms with E-state index in [2.05, 4.69) is 20.9 Å². The fourth-order valence-electron chi connectivity index (χ4n) is 1.85. The van der Waals surface area contributed by atoms with Gasteiger partial charge in [-0.25, -0.2) is 0 Å². The number of hydrogen-bond acceptors (Lipinski definition) is 3. The largest absolute Gasteiger partial charge is 0.486 e. The van der Waals surface area contributed by atoms with E-state index in [1.807, 2.05) is 36.4 Å². The summed E-state index contributed by atoms with van der Waals surface area (Å²) in [7, 11) is 0. The zero-order valence-electron chi connectivity index (χ0n) is 10.5. The molecule has 0 spiro atoms. The van der Waals surface area contributed by atoms with Crippen LogP contribution >= 0.6 is 27.5 Å². The Hall–Kier alpha value is -1.52. The van der Waals surface area contributed by atoms with E-state index >= 15 is 0 Å². The van der Waals surface area contributed by atoms with E-state index in [9.17, 15) is 0 Å². The Labute approximate surface area is 130 Å². The van der Waals surface area contributed by atoms with Crippen LogP contribution in [0.1, 0.15) is 5.56 Å². The minimum absolute atomic E-state index is 0.564. The van der Waals surface area contributed by atoms with Gasteiger partial charge in [0.15, 0.2) is 11.5 Å². The van der Waals surface area contributed by atoms with Crippen molar-refractivity contribution in [2.45, 2.75) is 0 Å². The third-order valence-electron chi connectivity index (χ3n) is 2.83. The molecule has 5 heteroatoms. The number of ether oxygens (including phenoxy) is 2. The molecule has 0 N–H and O–H groups in total. The van der Waals surface area contributed by atoms with Crippen LogP contribution in [0.15, 0.2) is 45.9 Å². The lowest BCUT2D eigenvalue weighted by Crippen LogP contribution is -2.15. The molecule has 1 aliphatic rings. The second-order valence-corrected chi connectivity index (χ2v) is 5.55. The Bertz CT molecular complexity index is 656. The van der Waals surface area contributed by atoms with Crippen molar-refractivity contribution in [2.75, 3.05) is 13.2 Å². The van der Waals surface area contributed by atoms with Gasteiger partial charge in [0.05, 0.1) is 5.69 Å². The summed E-state index contributed by atoms with van der Waals surface area (Å²) in [6.45, 7) is 1.14. The average molecular weight is 353 g/mol. The summed E-state index contributed by atoms with van der Waals surface area (Å²) in [6, 6.07) is 11.2. The van der Waals surface area contributed by atoms with Crippen molar-refractivity contribution in [3.63, 3.8) is 0 Å². The maximum absolute atomic E-state index is 5.85. The lowest BCUT2D eigenvalue weighted by Gasteiger charge is -2.18. The van der Waals surface area contributed by atoms with Crippen LogP contribution in [0.5, 0.6) is 11.5 Å². The van der Waals surface area contributed by atoms with Crippen molar-refractivity contribution in [3.8, 4) is 11.5 Å². The Morgan fingerprint density at radius 3 is 2.40 bits per heavy atom. The number of halogens is 2. The third kappa shape index (κ3) is 2.97. The highest BCUT2D eigenvalue weighted by atomic mass is 79.9. The van der Waals surface area contributed by atoms with E-state index in [0.29, 0.717) is 18.2 Å². The summed E-state index contributed by atoms with van der Waals surface area (Å²) >= 11 is 9.34. The lowest BCUT2D eigenvalue weighted by molar-refractivity contribution is 0.171. The van der Waals surface area contributed by atoms with Crippen molar-refractivity contribution < 1.29 is 9.47 Å². The second kappa shape index (κ2) is 5.85. The van der Waals surface area contributed by atoms with Crippen LogP contribution in [-0.2, 0) is 0 Å². The van der Waals surface area contributed by atoms with Crippen LogP contribution in [0.25, 0.3) is 0 Å². The number of rotatable bonds is 2. The van der Waals surface area contributed by atoms with E-state index in [0.717, 1.165) is 27.2 Å². The Morgan fingerprint density at radius 2 is 1.70 bits per heavy atom. The number of hydrogen-bond donors (Lipinski definition) is 0. The first-order valence-electron chi connectivity index (χ1n) is 6.11. The maximum atomic E-state index is 5.85. The van der Waals surface area contributed by atoms with E-state index in [-0.39, 0.29) is 0 Å². The quantitative estimate of drug-likeness (QED) is 0.738. The van der Waals surface area contributed by atoms with Crippen LogP contribution in [0, 0.1) is 0 Å². The van der Waals surface area contributed by atoms with Crippen LogP contribution in [0.3, 0.4) is 0 Å². The van der Waals surface area contributed by atoms with Crippen molar-refractivity contribution in [1.29, 1.82) is 0 Å². The lowest BCUT2D eigenvalue weighted by atomic mass is 10.2. The molecule has 1 aliphatic heterocycles. The molecule has 0 saturated carbocycles. The van der Waals surface area contributed by atoms with Crippen molar-refractivity contribution in [2.24, 2.45) is 4.99 Å². The minimum Gasteiger partial charge on any atom is -0.486 e. The fraction of sp³-hybridized carbons (Fsp3) is 0.133. The highest BCUT2D eigenvalue weighted by molar-refractivity contribution is 9.10. The minimum atomic E-state index is 0.564. The van der Waals surface area contributed by atoms with Gasteiger partial charge >= 0.3 is 0 Å². The molecule has 0 unspecified atom stereocenters. The van der Waals surface area contributed by atoms with Gasteiger partial charge in [0.1, 0.15) is 13.2 Å². The summed E-state index contributed by atoms with van der Waals surface area (Å²) in [5.74, 6) is 1.47. The first-order valence-corrected chi connectivity index (χ1v) is 7.28. The molecule has 20 heavy (non-hydrogen) atoms. The highest BCUT2D eigenvalue weighted by Crippen LogP contribution is 2.39. The molecule has 0 aromatic heterocycles. The molecule has 3 nitrogen and oxygen atoms in total. The van der Waals surface area contributed by atoms with Gasteiger partial charge in [-0.05, 0) is 33.6 Å². The summed E-state index contributed by atoms with van der Waals surface area (Å²) in [5, 5.41) is 0.711. The Morgan fingerprint density at radius 1 is 1.05 bits per heavy atom. The SMILES string of the molecule is Clc1ccc(C=Nc2cc3c(cc2Br)OCCO3)cc1. The van der Waals surface area contributed by atoms with Crippen molar-refractivity contribution >= 4 is 39.4 Å². The zero-order valence-corrected chi connectivity index (χ0v) is 12.8. The predicted molar refractivity (Wildman–Crippen MR) is 83.8 cm³/mol. The summed E-state index contributed by atoms with van der Waals surface area (Å²) in [5.41, 5.74) is 1.78. The number of nitrogens with zero attached hydrogens (tertiary/aromatic N) is 1. The standard InChI is InChI=1S/C15H11BrClNO2/c16-12-7-14-15(20-6-5-19-14)8-13(12)18-9-10-1-3-11(17)4-2-10/h1-4,7-9H,5-6H2. The highest BCUT2D eigenvalue weighted by Gasteiger charge is 2.14. The predicted octanol–water partition coefficient (Wildman–Crippen LogP) is 4.62. The van der Waals surface area contributed by atoms with Gasteiger partial charge in [-0.3, -0.25) is 4.99 Å². The third-order valence-corrected chi connectivity index (χ3v) is 3.72. The van der Waals surface area contributed by atoms with Crippen molar-refractivity contribution in [1.82, 2.24) is 0 Å². The van der Waals surface area contributed by atoms with E-state index in [1.165, 1.54) is 0 Å². The van der Waals surface area contributed by atoms with Gasteiger partial charge in [-0.1, -0.05) is 23.7 Å². The van der Waals surface area contributed by atoms with E-state index in [4.69, 9.17) is 21.1 Å². The number of fused-ring (bicyclic) bond motifs is 1. The normalized spacial score (nSPS) is 13.7. The number of aliphatic imine (C=N–C) groups is 1. The first kappa shape index (κ1) is 13.5. The molecule has 2 aromatic rings. The van der Waals surface area contributed by atoms with Crippen LogP contribution in [0.2, 0.25) is 5.02 Å². The molecular formula is C15H11BrClNO2. The molecule has 2 aromatic carbocycles. The van der Waals surface area contributed by atoms with Crippen molar-refractivity contribution in [3.05, 3.63) is 51.5 Å². The van der Waals surface area contributed by atoms with Gasteiger partial charge < -0.3 is 9.47 Å². The van der Waals surface area contributed by atoms with Gasteiger partial charge in [-0.2, -0.15) is 0 Å². The Balaban J connectivity index is 1.88.